The quantitative estimate of drug-likeness (QED) is 0.837. The maximum absolute atomic E-state index is 5.28. The normalized spacial score (nSPS) is 11.6. The van der Waals surface area contributed by atoms with Gasteiger partial charge in [-0.05, 0) is 35.0 Å². The molecule has 0 aromatic heterocycles. The number of benzene rings is 1. The van der Waals surface area contributed by atoms with Crippen LogP contribution in [-0.2, 0) is 0 Å². The number of hydrogen-bond acceptors (Lipinski definition) is 2. The second-order valence-electron chi connectivity index (χ2n) is 2.88. The summed E-state index contributed by atoms with van der Waals surface area (Å²) >= 11 is 3.43. The molecule has 3 heteroatoms. The summed E-state index contributed by atoms with van der Waals surface area (Å²) in [5.41, 5.74) is 0.940. The summed E-state index contributed by atoms with van der Waals surface area (Å²) in [5, 5.41) is 3.17. The molecular formula is C11H12BrNO. The van der Waals surface area contributed by atoms with Crippen LogP contribution in [0.25, 0.3) is 0 Å². The lowest BCUT2D eigenvalue weighted by atomic mass is 10.2. The number of halogens is 1. The molecule has 1 aromatic rings. The van der Waals surface area contributed by atoms with Gasteiger partial charge in [0.2, 0.25) is 0 Å². The lowest BCUT2D eigenvalue weighted by molar-refractivity contribution is 0.415. The Labute approximate surface area is 92.8 Å². The molecule has 0 aliphatic rings. The number of ether oxygens (including phenoxy) is 1. The Balaban J connectivity index is 2.90. The fourth-order valence-corrected chi connectivity index (χ4v) is 1.38. The van der Waals surface area contributed by atoms with Crippen molar-refractivity contribution < 1.29 is 4.74 Å². The molecule has 0 amide bonds. The molecule has 0 aliphatic carbocycles. The Morgan fingerprint density at radius 3 is 2.86 bits per heavy atom. The van der Waals surface area contributed by atoms with Gasteiger partial charge in [0.1, 0.15) is 5.75 Å². The van der Waals surface area contributed by atoms with Crippen LogP contribution in [0.4, 0.5) is 5.69 Å². The Kier molecular flexibility index (Phi) is 3.84. The van der Waals surface area contributed by atoms with E-state index in [1.54, 1.807) is 7.11 Å². The first-order chi connectivity index (χ1) is 6.67. The van der Waals surface area contributed by atoms with Gasteiger partial charge >= 0.3 is 0 Å². The van der Waals surface area contributed by atoms with Crippen LogP contribution in [0.1, 0.15) is 6.92 Å². The summed E-state index contributed by atoms with van der Waals surface area (Å²) in [4.78, 5) is 0. The predicted octanol–water partition coefficient (Wildman–Crippen LogP) is 2.89. The van der Waals surface area contributed by atoms with Crippen LogP contribution >= 0.6 is 15.9 Å². The molecule has 1 unspecified atom stereocenters. The zero-order chi connectivity index (χ0) is 10.6. The molecule has 14 heavy (non-hydrogen) atoms. The molecule has 1 aromatic carbocycles. The van der Waals surface area contributed by atoms with Crippen molar-refractivity contribution in [1.82, 2.24) is 0 Å². The SMILES string of the molecule is C#CC(C)Nc1cc(OC)ccc1Br. The van der Waals surface area contributed by atoms with E-state index in [1.165, 1.54) is 0 Å². The molecule has 0 aliphatic heterocycles. The number of methoxy groups -OCH3 is 1. The summed E-state index contributed by atoms with van der Waals surface area (Å²) in [7, 11) is 1.64. The molecule has 0 fully saturated rings. The maximum Gasteiger partial charge on any atom is 0.121 e. The first-order valence-corrected chi connectivity index (χ1v) is 5.03. The van der Waals surface area contributed by atoms with Gasteiger partial charge < -0.3 is 10.1 Å². The van der Waals surface area contributed by atoms with Crippen LogP contribution < -0.4 is 10.1 Å². The van der Waals surface area contributed by atoms with Crippen molar-refractivity contribution in [3.05, 3.63) is 22.7 Å². The Hall–Kier alpha value is -1.14. The first-order valence-electron chi connectivity index (χ1n) is 4.23. The first kappa shape index (κ1) is 10.9. The minimum absolute atomic E-state index is 0.00148. The average molecular weight is 254 g/mol. The fraction of sp³-hybridized carbons (Fsp3) is 0.273. The summed E-state index contributed by atoms with van der Waals surface area (Å²) in [6.45, 7) is 1.92. The van der Waals surface area contributed by atoms with Gasteiger partial charge in [-0.2, -0.15) is 0 Å². The molecule has 1 rings (SSSR count). The van der Waals surface area contributed by atoms with Crippen LogP contribution in [-0.4, -0.2) is 13.2 Å². The monoisotopic (exact) mass is 253 g/mol. The fourth-order valence-electron chi connectivity index (χ4n) is 1.02. The maximum atomic E-state index is 5.28. The molecule has 1 N–H and O–H groups in total. The van der Waals surface area contributed by atoms with E-state index in [0.29, 0.717) is 0 Å². The van der Waals surface area contributed by atoms with E-state index in [4.69, 9.17) is 11.2 Å². The highest BCUT2D eigenvalue weighted by Crippen LogP contribution is 2.27. The molecule has 0 spiro atoms. The lowest BCUT2D eigenvalue weighted by Crippen LogP contribution is -2.12. The van der Waals surface area contributed by atoms with Crippen LogP contribution in [0.3, 0.4) is 0 Å². The van der Waals surface area contributed by atoms with E-state index >= 15 is 0 Å². The van der Waals surface area contributed by atoms with Crippen LogP contribution in [0, 0.1) is 12.3 Å². The molecule has 2 nitrogen and oxygen atoms in total. The molecular weight excluding hydrogens is 242 g/mol. The summed E-state index contributed by atoms with van der Waals surface area (Å²) in [6.07, 6.45) is 5.28. The van der Waals surface area contributed by atoms with Gasteiger partial charge in [-0.25, -0.2) is 0 Å². The van der Waals surface area contributed by atoms with Gasteiger partial charge in [0.05, 0.1) is 18.8 Å². The summed E-state index contributed by atoms with van der Waals surface area (Å²) < 4.78 is 6.09. The van der Waals surface area contributed by atoms with Crippen molar-refractivity contribution >= 4 is 21.6 Å². The van der Waals surface area contributed by atoms with Gasteiger partial charge in [0.25, 0.3) is 0 Å². The van der Waals surface area contributed by atoms with Gasteiger partial charge in [0, 0.05) is 10.5 Å². The van der Waals surface area contributed by atoms with Crippen molar-refractivity contribution in [3.8, 4) is 18.1 Å². The molecule has 0 saturated heterocycles. The number of rotatable bonds is 3. The molecule has 0 bridgehead atoms. The molecule has 1 atom stereocenters. The topological polar surface area (TPSA) is 21.3 Å². The van der Waals surface area contributed by atoms with Crippen LogP contribution in [0.5, 0.6) is 5.75 Å². The second kappa shape index (κ2) is 4.92. The Bertz CT molecular complexity index is 357. The van der Waals surface area contributed by atoms with E-state index in [1.807, 2.05) is 25.1 Å². The lowest BCUT2D eigenvalue weighted by Gasteiger charge is -2.12. The molecule has 74 valence electrons. The Morgan fingerprint density at radius 2 is 2.29 bits per heavy atom. The highest BCUT2D eigenvalue weighted by atomic mass is 79.9. The zero-order valence-corrected chi connectivity index (χ0v) is 9.76. The number of anilines is 1. The van der Waals surface area contributed by atoms with E-state index in [0.717, 1.165) is 15.9 Å². The third-order valence-electron chi connectivity index (χ3n) is 1.80. The van der Waals surface area contributed by atoms with Crippen molar-refractivity contribution in [2.24, 2.45) is 0 Å². The minimum Gasteiger partial charge on any atom is -0.497 e. The van der Waals surface area contributed by atoms with Gasteiger partial charge in [-0.15, -0.1) is 6.42 Å². The van der Waals surface area contributed by atoms with E-state index < -0.39 is 0 Å². The smallest absolute Gasteiger partial charge is 0.121 e. The van der Waals surface area contributed by atoms with Gasteiger partial charge in [-0.1, -0.05) is 5.92 Å². The number of terminal acetylenes is 1. The zero-order valence-electron chi connectivity index (χ0n) is 8.17. The number of nitrogens with one attached hydrogen (secondary N) is 1. The minimum atomic E-state index is -0.00148. The van der Waals surface area contributed by atoms with Crippen molar-refractivity contribution in [3.63, 3.8) is 0 Å². The number of hydrogen-bond donors (Lipinski definition) is 1. The van der Waals surface area contributed by atoms with Crippen LogP contribution in [0.15, 0.2) is 22.7 Å². The average Bonchev–Trinajstić information content (AvgIpc) is 2.21. The standard InChI is InChI=1S/C11H12BrNO/c1-4-8(2)13-11-7-9(14-3)5-6-10(11)12/h1,5-8,13H,2-3H3. The molecule has 0 saturated carbocycles. The van der Waals surface area contributed by atoms with Crippen LogP contribution in [0.2, 0.25) is 0 Å². The highest BCUT2D eigenvalue weighted by molar-refractivity contribution is 9.10. The Morgan fingerprint density at radius 1 is 1.57 bits per heavy atom. The van der Waals surface area contributed by atoms with Gasteiger partial charge in [0.15, 0.2) is 0 Å². The molecule has 0 heterocycles. The van der Waals surface area contributed by atoms with Gasteiger partial charge in [-0.3, -0.25) is 0 Å². The largest absolute Gasteiger partial charge is 0.497 e. The predicted molar refractivity (Wildman–Crippen MR) is 62.6 cm³/mol. The third kappa shape index (κ3) is 2.68. The van der Waals surface area contributed by atoms with Crippen molar-refractivity contribution in [1.29, 1.82) is 0 Å². The summed E-state index contributed by atoms with van der Waals surface area (Å²) in [5.74, 6) is 3.41. The van der Waals surface area contributed by atoms with Crippen molar-refractivity contribution in [2.45, 2.75) is 13.0 Å². The summed E-state index contributed by atoms with van der Waals surface area (Å²) in [6, 6.07) is 5.71. The second-order valence-corrected chi connectivity index (χ2v) is 3.73. The van der Waals surface area contributed by atoms with E-state index in [9.17, 15) is 0 Å². The van der Waals surface area contributed by atoms with E-state index in [-0.39, 0.29) is 6.04 Å². The third-order valence-corrected chi connectivity index (χ3v) is 2.49. The van der Waals surface area contributed by atoms with Crippen molar-refractivity contribution in [2.75, 3.05) is 12.4 Å². The highest BCUT2D eigenvalue weighted by Gasteiger charge is 2.03. The molecule has 0 radical (unpaired) electrons. The van der Waals surface area contributed by atoms with E-state index in [2.05, 4.69) is 27.2 Å².